The van der Waals surface area contributed by atoms with Crippen molar-refractivity contribution in [3.05, 3.63) is 24.3 Å². The largest absolute Gasteiger partial charge is 0.399 e. The minimum Gasteiger partial charge on any atom is -0.399 e. The number of hydrogen-bond donors (Lipinski definition) is 1. The Morgan fingerprint density at radius 2 is 1.81 bits per heavy atom. The van der Waals surface area contributed by atoms with Gasteiger partial charge >= 0.3 is 0 Å². The van der Waals surface area contributed by atoms with Gasteiger partial charge in [-0.2, -0.15) is 0 Å². The van der Waals surface area contributed by atoms with E-state index in [1.165, 1.54) is 49.2 Å². The summed E-state index contributed by atoms with van der Waals surface area (Å²) in [5.41, 5.74) is 6.60. The highest BCUT2D eigenvalue weighted by Gasteiger charge is 1.95. The SMILES string of the molecule is CCCCCCCCSc1cccc(N)c1. The molecule has 16 heavy (non-hydrogen) atoms. The maximum Gasteiger partial charge on any atom is 0.0325 e. The Bertz CT molecular complexity index is 286. The Morgan fingerprint density at radius 1 is 1.06 bits per heavy atom. The normalized spacial score (nSPS) is 10.6. The summed E-state index contributed by atoms with van der Waals surface area (Å²) in [6.07, 6.45) is 8.21. The van der Waals surface area contributed by atoms with Gasteiger partial charge < -0.3 is 5.73 Å². The average Bonchev–Trinajstić information content (AvgIpc) is 2.28. The van der Waals surface area contributed by atoms with Crippen LogP contribution >= 0.6 is 11.8 Å². The summed E-state index contributed by atoms with van der Waals surface area (Å²) in [6, 6.07) is 8.16. The molecule has 0 amide bonds. The van der Waals surface area contributed by atoms with Crippen molar-refractivity contribution < 1.29 is 0 Å². The van der Waals surface area contributed by atoms with Crippen LogP contribution in [0.4, 0.5) is 5.69 Å². The second kappa shape index (κ2) is 8.51. The van der Waals surface area contributed by atoms with Crippen LogP contribution in [0.25, 0.3) is 0 Å². The quantitative estimate of drug-likeness (QED) is 0.402. The van der Waals surface area contributed by atoms with Crippen LogP contribution in [0.1, 0.15) is 45.4 Å². The van der Waals surface area contributed by atoms with E-state index in [1.54, 1.807) is 0 Å². The number of hydrogen-bond acceptors (Lipinski definition) is 2. The maximum atomic E-state index is 5.73. The Hall–Kier alpha value is -0.630. The van der Waals surface area contributed by atoms with Crippen molar-refractivity contribution in [3.8, 4) is 0 Å². The predicted molar refractivity (Wildman–Crippen MR) is 75.0 cm³/mol. The summed E-state index contributed by atoms with van der Waals surface area (Å²) < 4.78 is 0. The molecule has 0 saturated heterocycles. The van der Waals surface area contributed by atoms with Crippen molar-refractivity contribution in [2.75, 3.05) is 11.5 Å². The van der Waals surface area contributed by atoms with E-state index in [4.69, 9.17) is 5.73 Å². The lowest BCUT2D eigenvalue weighted by Gasteiger charge is -2.02. The summed E-state index contributed by atoms with van der Waals surface area (Å²) >= 11 is 1.92. The monoisotopic (exact) mass is 237 g/mol. The van der Waals surface area contributed by atoms with Crippen LogP contribution < -0.4 is 5.73 Å². The zero-order chi connectivity index (χ0) is 11.6. The van der Waals surface area contributed by atoms with Crippen molar-refractivity contribution in [2.24, 2.45) is 0 Å². The molecule has 0 atom stereocenters. The first-order valence-electron chi connectivity index (χ1n) is 6.31. The van der Waals surface area contributed by atoms with Crippen molar-refractivity contribution in [3.63, 3.8) is 0 Å². The molecule has 1 aromatic rings. The molecule has 0 aliphatic carbocycles. The highest BCUT2D eigenvalue weighted by molar-refractivity contribution is 7.99. The summed E-state index contributed by atoms with van der Waals surface area (Å²) in [5, 5.41) is 0. The smallest absolute Gasteiger partial charge is 0.0325 e. The lowest BCUT2D eigenvalue weighted by Crippen LogP contribution is -1.85. The van der Waals surface area contributed by atoms with E-state index in [2.05, 4.69) is 19.1 Å². The number of anilines is 1. The number of nitrogens with two attached hydrogens (primary N) is 1. The van der Waals surface area contributed by atoms with E-state index in [9.17, 15) is 0 Å². The van der Waals surface area contributed by atoms with Crippen LogP contribution in [-0.4, -0.2) is 5.75 Å². The lowest BCUT2D eigenvalue weighted by atomic mass is 10.1. The molecule has 1 nitrogen and oxygen atoms in total. The van der Waals surface area contributed by atoms with Crippen LogP contribution in [0.15, 0.2) is 29.2 Å². The standard InChI is InChI=1S/C14H23NS/c1-2-3-4-5-6-7-11-16-14-10-8-9-13(15)12-14/h8-10,12H,2-7,11,15H2,1H3. The topological polar surface area (TPSA) is 26.0 Å². The van der Waals surface area contributed by atoms with E-state index in [1.807, 2.05) is 23.9 Å². The molecule has 1 aromatic carbocycles. The minimum atomic E-state index is 0.868. The van der Waals surface area contributed by atoms with Crippen LogP contribution in [0.5, 0.6) is 0 Å². The van der Waals surface area contributed by atoms with Crippen LogP contribution in [0, 0.1) is 0 Å². The van der Waals surface area contributed by atoms with Crippen molar-refractivity contribution >= 4 is 17.4 Å². The van der Waals surface area contributed by atoms with Crippen molar-refractivity contribution in [1.29, 1.82) is 0 Å². The van der Waals surface area contributed by atoms with E-state index < -0.39 is 0 Å². The Balaban J connectivity index is 2.03. The van der Waals surface area contributed by atoms with Gasteiger partial charge in [-0.25, -0.2) is 0 Å². The number of nitrogen functional groups attached to an aromatic ring is 1. The Labute approximate surface area is 104 Å². The summed E-state index contributed by atoms with van der Waals surface area (Å²) in [7, 11) is 0. The zero-order valence-corrected chi connectivity index (χ0v) is 11.1. The van der Waals surface area contributed by atoms with Gasteiger partial charge in [0.2, 0.25) is 0 Å². The van der Waals surface area contributed by atoms with E-state index in [-0.39, 0.29) is 0 Å². The van der Waals surface area contributed by atoms with Gasteiger partial charge in [-0.1, -0.05) is 45.1 Å². The van der Waals surface area contributed by atoms with Gasteiger partial charge in [0.15, 0.2) is 0 Å². The second-order valence-corrected chi connectivity index (χ2v) is 5.36. The van der Waals surface area contributed by atoms with Gasteiger partial charge in [-0.05, 0) is 30.4 Å². The molecule has 2 N–H and O–H groups in total. The highest BCUT2D eigenvalue weighted by atomic mass is 32.2. The maximum absolute atomic E-state index is 5.73. The fourth-order valence-corrected chi connectivity index (χ4v) is 2.66. The lowest BCUT2D eigenvalue weighted by molar-refractivity contribution is 0.627. The molecule has 0 aliphatic rings. The Kier molecular flexibility index (Phi) is 7.15. The molecule has 0 fully saturated rings. The third-order valence-corrected chi connectivity index (χ3v) is 3.70. The first-order chi connectivity index (χ1) is 7.83. The van der Waals surface area contributed by atoms with Gasteiger partial charge in [0.05, 0.1) is 0 Å². The number of thioether (sulfide) groups is 1. The third kappa shape index (κ3) is 6.06. The molecule has 0 heterocycles. The van der Waals surface area contributed by atoms with Gasteiger partial charge in [0.1, 0.15) is 0 Å². The fourth-order valence-electron chi connectivity index (χ4n) is 1.68. The molecular formula is C14H23NS. The van der Waals surface area contributed by atoms with E-state index in [0.717, 1.165) is 5.69 Å². The molecule has 90 valence electrons. The van der Waals surface area contributed by atoms with Gasteiger partial charge in [-0.15, -0.1) is 11.8 Å². The molecule has 0 spiro atoms. The zero-order valence-electron chi connectivity index (χ0n) is 10.2. The van der Waals surface area contributed by atoms with Gasteiger partial charge in [-0.3, -0.25) is 0 Å². The Morgan fingerprint density at radius 3 is 2.56 bits per heavy atom. The van der Waals surface area contributed by atoms with Crippen molar-refractivity contribution in [2.45, 2.75) is 50.3 Å². The van der Waals surface area contributed by atoms with Crippen LogP contribution in [0.2, 0.25) is 0 Å². The molecule has 0 aliphatic heterocycles. The summed E-state index contributed by atoms with van der Waals surface area (Å²) in [6.45, 7) is 2.26. The highest BCUT2D eigenvalue weighted by Crippen LogP contribution is 2.21. The van der Waals surface area contributed by atoms with Crippen LogP contribution in [0.3, 0.4) is 0 Å². The molecule has 1 rings (SSSR count). The molecule has 0 unspecified atom stereocenters. The molecule has 0 saturated carbocycles. The number of unbranched alkanes of at least 4 members (excludes halogenated alkanes) is 5. The summed E-state index contributed by atoms with van der Waals surface area (Å²) in [4.78, 5) is 1.30. The molecule has 0 aromatic heterocycles. The van der Waals surface area contributed by atoms with Crippen molar-refractivity contribution in [1.82, 2.24) is 0 Å². The summed E-state index contributed by atoms with van der Waals surface area (Å²) in [5.74, 6) is 1.22. The fraction of sp³-hybridized carbons (Fsp3) is 0.571. The third-order valence-electron chi connectivity index (χ3n) is 2.62. The van der Waals surface area contributed by atoms with Gasteiger partial charge in [0.25, 0.3) is 0 Å². The molecule has 2 heteroatoms. The van der Waals surface area contributed by atoms with Crippen LogP contribution in [-0.2, 0) is 0 Å². The molecular weight excluding hydrogens is 214 g/mol. The first-order valence-corrected chi connectivity index (χ1v) is 7.30. The van der Waals surface area contributed by atoms with Gasteiger partial charge in [0, 0.05) is 10.6 Å². The number of rotatable bonds is 8. The average molecular weight is 237 g/mol. The van der Waals surface area contributed by atoms with E-state index >= 15 is 0 Å². The molecule has 0 radical (unpaired) electrons. The predicted octanol–water partition coefficient (Wildman–Crippen LogP) is 4.72. The second-order valence-electron chi connectivity index (χ2n) is 4.19. The minimum absolute atomic E-state index is 0.868. The van der Waals surface area contributed by atoms with E-state index in [0.29, 0.717) is 0 Å². The first kappa shape index (κ1) is 13.4. The number of benzene rings is 1. The molecule has 0 bridgehead atoms.